The first kappa shape index (κ1) is 15.8. The summed E-state index contributed by atoms with van der Waals surface area (Å²) in [5.74, 6) is 0. The molecule has 25 heavy (non-hydrogen) atoms. The molecular formula is C21H22N2O2. The van der Waals surface area contributed by atoms with Crippen LogP contribution in [0.3, 0.4) is 0 Å². The highest BCUT2D eigenvalue weighted by molar-refractivity contribution is 5.70. The van der Waals surface area contributed by atoms with Crippen molar-refractivity contribution >= 4 is 11.8 Å². The van der Waals surface area contributed by atoms with Crippen molar-refractivity contribution < 1.29 is 9.53 Å². The van der Waals surface area contributed by atoms with Gasteiger partial charge in [0.2, 0.25) is 0 Å². The van der Waals surface area contributed by atoms with E-state index in [0.717, 1.165) is 30.6 Å². The molecule has 2 aliphatic rings. The van der Waals surface area contributed by atoms with Gasteiger partial charge in [-0.05, 0) is 29.7 Å². The minimum absolute atomic E-state index is 0.173. The molecule has 1 amide bonds. The van der Waals surface area contributed by atoms with Gasteiger partial charge in [-0.1, -0.05) is 54.6 Å². The van der Waals surface area contributed by atoms with Crippen molar-refractivity contribution in [1.29, 1.82) is 0 Å². The van der Waals surface area contributed by atoms with E-state index in [2.05, 4.69) is 41.3 Å². The smallest absolute Gasteiger partial charge is 0.410 e. The van der Waals surface area contributed by atoms with Gasteiger partial charge in [0.15, 0.2) is 0 Å². The molecule has 0 aliphatic carbocycles. The van der Waals surface area contributed by atoms with Crippen LogP contribution in [-0.4, -0.2) is 30.6 Å². The molecule has 2 aromatic rings. The Labute approximate surface area is 148 Å². The third kappa shape index (κ3) is 3.53. The Hall–Kier alpha value is -2.75. The molecule has 0 unspecified atom stereocenters. The van der Waals surface area contributed by atoms with E-state index in [4.69, 9.17) is 4.74 Å². The summed E-state index contributed by atoms with van der Waals surface area (Å²) in [6.45, 7) is 3.22. The molecule has 2 aromatic carbocycles. The number of hydrogen-bond acceptors (Lipinski definition) is 3. The fourth-order valence-corrected chi connectivity index (χ4v) is 3.39. The topological polar surface area (TPSA) is 32.8 Å². The molecule has 0 radical (unpaired) electrons. The van der Waals surface area contributed by atoms with Crippen molar-refractivity contribution in [2.75, 3.05) is 24.5 Å². The Kier molecular flexibility index (Phi) is 4.42. The maximum Gasteiger partial charge on any atom is 0.410 e. The third-order valence-electron chi connectivity index (χ3n) is 4.79. The third-order valence-corrected chi connectivity index (χ3v) is 4.79. The molecule has 1 atom stereocenters. The lowest BCUT2D eigenvalue weighted by atomic mass is 10.1. The van der Waals surface area contributed by atoms with Crippen molar-refractivity contribution in [3.8, 4) is 0 Å². The summed E-state index contributed by atoms with van der Waals surface area (Å²) in [5.41, 5.74) is 3.41. The van der Waals surface area contributed by atoms with Crippen LogP contribution in [0.5, 0.6) is 0 Å². The molecule has 0 N–H and O–H groups in total. The van der Waals surface area contributed by atoms with E-state index in [9.17, 15) is 4.79 Å². The predicted molar refractivity (Wildman–Crippen MR) is 98.5 cm³/mol. The van der Waals surface area contributed by atoms with Crippen LogP contribution >= 0.6 is 0 Å². The van der Waals surface area contributed by atoms with Gasteiger partial charge in [-0.3, -0.25) is 4.90 Å². The molecule has 0 bridgehead atoms. The van der Waals surface area contributed by atoms with E-state index in [1.54, 1.807) is 4.90 Å². The minimum Gasteiger partial charge on any atom is -0.439 e. The van der Waals surface area contributed by atoms with Gasteiger partial charge in [0.1, 0.15) is 6.10 Å². The van der Waals surface area contributed by atoms with Gasteiger partial charge in [-0.25, -0.2) is 4.79 Å². The molecule has 4 nitrogen and oxygen atoms in total. The van der Waals surface area contributed by atoms with Crippen molar-refractivity contribution in [2.45, 2.75) is 19.1 Å². The van der Waals surface area contributed by atoms with Crippen LogP contribution in [0.25, 0.3) is 0 Å². The van der Waals surface area contributed by atoms with Gasteiger partial charge >= 0.3 is 6.09 Å². The second kappa shape index (κ2) is 7.01. The Morgan fingerprint density at radius 2 is 1.80 bits per heavy atom. The fourth-order valence-electron chi connectivity index (χ4n) is 3.39. The van der Waals surface area contributed by atoms with Crippen LogP contribution in [0.4, 0.5) is 10.5 Å². The van der Waals surface area contributed by atoms with Gasteiger partial charge in [0.25, 0.3) is 0 Å². The summed E-state index contributed by atoms with van der Waals surface area (Å²) < 4.78 is 5.52. The van der Waals surface area contributed by atoms with E-state index in [1.807, 2.05) is 30.3 Å². The van der Waals surface area contributed by atoms with E-state index in [0.29, 0.717) is 13.1 Å². The van der Waals surface area contributed by atoms with Gasteiger partial charge in [-0.15, -0.1) is 0 Å². The van der Waals surface area contributed by atoms with Crippen molar-refractivity contribution in [3.63, 3.8) is 0 Å². The van der Waals surface area contributed by atoms with Crippen molar-refractivity contribution in [1.82, 2.24) is 4.90 Å². The lowest BCUT2D eigenvalue weighted by Gasteiger charge is -2.25. The van der Waals surface area contributed by atoms with Crippen LogP contribution in [0.2, 0.25) is 0 Å². The molecule has 2 heterocycles. The number of benzene rings is 2. The molecule has 0 saturated carbocycles. The van der Waals surface area contributed by atoms with Crippen LogP contribution < -0.4 is 4.90 Å². The van der Waals surface area contributed by atoms with E-state index >= 15 is 0 Å². The largest absolute Gasteiger partial charge is 0.439 e. The Bertz CT molecular complexity index is 755. The highest BCUT2D eigenvalue weighted by atomic mass is 16.6. The zero-order valence-corrected chi connectivity index (χ0v) is 14.2. The standard InChI is InChI=1S/C21H22N2O2/c24-21-23(16-20(25-21)18-7-3-1-4-8-18)15-17-9-11-19(12-10-17)22-13-5-2-6-14-22/h1-5,7-12,20H,6,13-16H2/t20-/m0/s1. The quantitative estimate of drug-likeness (QED) is 0.788. The average molecular weight is 334 g/mol. The summed E-state index contributed by atoms with van der Waals surface area (Å²) >= 11 is 0. The Morgan fingerprint density at radius 3 is 2.52 bits per heavy atom. The monoisotopic (exact) mass is 334 g/mol. The summed E-state index contributed by atoms with van der Waals surface area (Å²) in [6.07, 6.45) is 5.13. The highest BCUT2D eigenvalue weighted by Crippen LogP contribution is 2.27. The van der Waals surface area contributed by atoms with Crippen LogP contribution in [0.15, 0.2) is 66.7 Å². The molecule has 1 fully saturated rings. The molecule has 4 rings (SSSR count). The number of rotatable bonds is 4. The molecule has 0 spiro atoms. The molecule has 1 saturated heterocycles. The molecule has 0 aromatic heterocycles. The first-order valence-electron chi connectivity index (χ1n) is 8.79. The lowest BCUT2D eigenvalue weighted by molar-refractivity contribution is 0.132. The van der Waals surface area contributed by atoms with Crippen molar-refractivity contribution in [3.05, 3.63) is 77.9 Å². The molecule has 4 heteroatoms. The zero-order chi connectivity index (χ0) is 17.1. The normalized spacial score (nSPS) is 20.0. The molecular weight excluding hydrogens is 312 g/mol. The number of nitrogens with zero attached hydrogens (tertiary/aromatic N) is 2. The highest BCUT2D eigenvalue weighted by Gasteiger charge is 2.32. The van der Waals surface area contributed by atoms with Crippen molar-refractivity contribution in [2.24, 2.45) is 0 Å². The maximum absolute atomic E-state index is 12.2. The first-order chi connectivity index (χ1) is 12.3. The summed E-state index contributed by atoms with van der Waals surface area (Å²) in [5, 5.41) is 0. The maximum atomic E-state index is 12.2. The second-order valence-electron chi connectivity index (χ2n) is 6.54. The minimum atomic E-state index is -0.237. The lowest BCUT2D eigenvalue weighted by Crippen LogP contribution is -2.27. The summed E-state index contributed by atoms with van der Waals surface area (Å²) in [7, 11) is 0. The number of cyclic esters (lactones) is 1. The Balaban J connectivity index is 1.40. The van der Waals surface area contributed by atoms with Crippen LogP contribution in [0, 0.1) is 0 Å². The van der Waals surface area contributed by atoms with E-state index < -0.39 is 0 Å². The predicted octanol–water partition coefficient (Wildman–Crippen LogP) is 4.15. The summed E-state index contributed by atoms with van der Waals surface area (Å²) in [6, 6.07) is 18.4. The number of hydrogen-bond donors (Lipinski definition) is 0. The van der Waals surface area contributed by atoms with Gasteiger partial charge in [-0.2, -0.15) is 0 Å². The summed E-state index contributed by atoms with van der Waals surface area (Å²) in [4.78, 5) is 16.3. The number of ether oxygens (including phenoxy) is 1. The van der Waals surface area contributed by atoms with E-state index in [-0.39, 0.29) is 12.2 Å². The van der Waals surface area contributed by atoms with Gasteiger partial charge in [0.05, 0.1) is 6.54 Å². The van der Waals surface area contributed by atoms with Gasteiger partial charge in [0, 0.05) is 25.3 Å². The molecule has 128 valence electrons. The first-order valence-corrected chi connectivity index (χ1v) is 8.79. The Morgan fingerprint density at radius 1 is 1.00 bits per heavy atom. The number of carbonyl (C=O) groups is 1. The zero-order valence-electron chi connectivity index (χ0n) is 14.2. The molecule has 2 aliphatic heterocycles. The number of anilines is 1. The number of amides is 1. The second-order valence-corrected chi connectivity index (χ2v) is 6.54. The number of carbonyl (C=O) groups excluding carboxylic acids is 1. The fraction of sp³-hybridized carbons (Fsp3) is 0.286. The average Bonchev–Trinajstić information content (AvgIpc) is 3.04. The SMILES string of the molecule is O=C1O[C@H](c2ccccc2)CN1Cc1ccc(N2CC=CCC2)cc1. The van der Waals surface area contributed by atoms with Crippen LogP contribution in [0.1, 0.15) is 23.7 Å². The van der Waals surface area contributed by atoms with Crippen LogP contribution in [-0.2, 0) is 11.3 Å². The van der Waals surface area contributed by atoms with E-state index in [1.165, 1.54) is 5.69 Å². The van der Waals surface area contributed by atoms with Gasteiger partial charge < -0.3 is 9.64 Å².